The second-order valence-electron chi connectivity index (χ2n) is 4.23. The molecule has 0 unspecified atom stereocenters. The molecule has 1 aromatic carbocycles. The third-order valence-electron chi connectivity index (χ3n) is 2.71. The standard InChI is InChI=1S/C14H18N4O3S/c1-3-20-11-7-5-10(6-8-11)13-16-17-14(18(13)15)22-9-12(19)21-4-2/h5-8H,3-4,9,15H2,1-2H3. The fourth-order valence-electron chi connectivity index (χ4n) is 1.77. The molecule has 0 aliphatic carbocycles. The van der Waals surface area contributed by atoms with Gasteiger partial charge in [-0.05, 0) is 38.1 Å². The van der Waals surface area contributed by atoms with Crippen LogP contribution in [0.4, 0.5) is 0 Å². The van der Waals surface area contributed by atoms with Crippen molar-refractivity contribution in [1.82, 2.24) is 14.9 Å². The maximum Gasteiger partial charge on any atom is 0.316 e. The van der Waals surface area contributed by atoms with Crippen molar-refractivity contribution in [1.29, 1.82) is 0 Å². The highest BCUT2D eigenvalue weighted by atomic mass is 32.2. The first-order chi connectivity index (χ1) is 10.7. The normalized spacial score (nSPS) is 10.5. The summed E-state index contributed by atoms with van der Waals surface area (Å²) in [7, 11) is 0. The second kappa shape index (κ2) is 7.69. The van der Waals surface area contributed by atoms with Crippen molar-refractivity contribution >= 4 is 17.7 Å². The zero-order chi connectivity index (χ0) is 15.9. The molecule has 0 aliphatic rings. The van der Waals surface area contributed by atoms with Crippen molar-refractivity contribution in [3.8, 4) is 17.1 Å². The van der Waals surface area contributed by atoms with Gasteiger partial charge in [-0.25, -0.2) is 4.68 Å². The third kappa shape index (κ3) is 3.91. The van der Waals surface area contributed by atoms with Crippen LogP contribution in [0.15, 0.2) is 29.4 Å². The minimum atomic E-state index is -0.307. The smallest absolute Gasteiger partial charge is 0.316 e. The number of carbonyl (C=O) groups is 1. The van der Waals surface area contributed by atoms with Gasteiger partial charge in [0.1, 0.15) is 5.75 Å². The quantitative estimate of drug-likeness (QED) is 0.471. The molecule has 0 radical (unpaired) electrons. The minimum absolute atomic E-state index is 0.145. The average Bonchev–Trinajstić information content (AvgIpc) is 2.88. The topological polar surface area (TPSA) is 92.3 Å². The first kappa shape index (κ1) is 16.2. The summed E-state index contributed by atoms with van der Waals surface area (Å²) >= 11 is 1.19. The highest BCUT2D eigenvalue weighted by molar-refractivity contribution is 7.99. The Hall–Kier alpha value is -2.22. The fourth-order valence-corrected chi connectivity index (χ4v) is 2.42. The second-order valence-corrected chi connectivity index (χ2v) is 5.17. The Labute approximate surface area is 132 Å². The lowest BCUT2D eigenvalue weighted by Gasteiger charge is -2.05. The molecule has 2 aromatic rings. The van der Waals surface area contributed by atoms with E-state index in [4.69, 9.17) is 15.3 Å². The van der Waals surface area contributed by atoms with Crippen molar-refractivity contribution in [3.05, 3.63) is 24.3 Å². The molecule has 0 spiro atoms. The van der Waals surface area contributed by atoms with Crippen molar-refractivity contribution in [3.63, 3.8) is 0 Å². The van der Waals surface area contributed by atoms with Gasteiger partial charge < -0.3 is 15.3 Å². The van der Waals surface area contributed by atoms with Crippen molar-refractivity contribution < 1.29 is 14.3 Å². The predicted octanol–water partition coefficient (Wildman–Crippen LogP) is 1.71. The van der Waals surface area contributed by atoms with E-state index in [0.29, 0.717) is 24.2 Å². The first-order valence-electron chi connectivity index (χ1n) is 6.87. The van der Waals surface area contributed by atoms with Gasteiger partial charge in [0, 0.05) is 5.56 Å². The van der Waals surface area contributed by atoms with Crippen molar-refractivity contribution in [2.24, 2.45) is 0 Å². The summed E-state index contributed by atoms with van der Waals surface area (Å²) in [5.74, 6) is 7.12. The highest BCUT2D eigenvalue weighted by Gasteiger charge is 2.14. The Morgan fingerprint density at radius 3 is 2.59 bits per heavy atom. The Bertz CT molecular complexity index is 628. The maximum absolute atomic E-state index is 11.3. The molecular formula is C14H18N4O3S. The molecule has 0 fully saturated rings. The molecular weight excluding hydrogens is 304 g/mol. The van der Waals surface area contributed by atoms with Gasteiger partial charge in [0.15, 0.2) is 5.82 Å². The number of thioether (sulfide) groups is 1. The zero-order valence-corrected chi connectivity index (χ0v) is 13.3. The molecule has 1 aromatic heterocycles. The van der Waals surface area contributed by atoms with Crippen LogP contribution in [-0.4, -0.2) is 39.8 Å². The molecule has 7 nitrogen and oxygen atoms in total. The summed E-state index contributed by atoms with van der Waals surface area (Å²) < 4.78 is 11.6. The first-order valence-corrected chi connectivity index (χ1v) is 7.86. The van der Waals surface area contributed by atoms with Gasteiger partial charge in [-0.1, -0.05) is 11.8 Å². The summed E-state index contributed by atoms with van der Waals surface area (Å²) in [5.41, 5.74) is 0.821. The number of nitrogens with two attached hydrogens (primary N) is 1. The number of hydrogen-bond acceptors (Lipinski definition) is 7. The highest BCUT2D eigenvalue weighted by Crippen LogP contribution is 2.23. The largest absolute Gasteiger partial charge is 0.494 e. The van der Waals surface area contributed by atoms with Gasteiger partial charge in [-0.2, -0.15) is 0 Å². The van der Waals surface area contributed by atoms with Crippen LogP contribution in [0.5, 0.6) is 5.75 Å². The van der Waals surface area contributed by atoms with Gasteiger partial charge >= 0.3 is 5.97 Å². The van der Waals surface area contributed by atoms with Gasteiger partial charge in [-0.15, -0.1) is 10.2 Å². The Morgan fingerprint density at radius 2 is 1.95 bits per heavy atom. The van der Waals surface area contributed by atoms with E-state index >= 15 is 0 Å². The number of carbonyl (C=O) groups excluding carboxylic acids is 1. The Kier molecular flexibility index (Phi) is 5.65. The predicted molar refractivity (Wildman–Crippen MR) is 84.1 cm³/mol. The molecule has 2 N–H and O–H groups in total. The fraction of sp³-hybridized carbons (Fsp3) is 0.357. The van der Waals surface area contributed by atoms with Crippen molar-refractivity contribution in [2.75, 3.05) is 24.8 Å². The van der Waals surface area contributed by atoms with Crippen LogP contribution >= 0.6 is 11.8 Å². The number of benzene rings is 1. The number of rotatable bonds is 7. The number of nitrogen functional groups attached to an aromatic ring is 1. The van der Waals surface area contributed by atoms with E-state index in [-0.39, 0.29) is 11.7 Å². The van der Waals surface area contributed by atoms with E-state index in [9.17, 15) is 4.79 Å². The molecule has 2 rings (SSSR count). The van der Waals surface area contributed by atoms with Gasteiger partial charge in [0.25, 0.3) is 0 Å². The van der Waals surface area contributed by atoms with Crippen LogP contribution in [0.1, 0.15) is 13.8 Å². The van der Waals surface area contributed by atoms with Gasteiger partial charge in [0.2, 0.25) is 5.16 Å². The molecule has 0 saturated carbocycles. The average molecular weight is 322 g/mol. The van der Waals surface area contributed by atoms with Crippen molar-refractivity contribution in [2.45, 2.75) is 19.0 Å². The lowest BCUT2D eigenvalue weighted by molar-refractivity contribution is -0.139. The SMILES string of the molecule is CCOC(=O)CSc1nnc(-c2ccc(OCC)cc2)n1N. The summed E-state index contributed by atoms with van der Waals surface area (Å²) in [5, 5.41) is 8.51. The number of hydrogen-bond donors (Lipinski definition) is 1. The molecule has 118 valence electrons. The van der Waals surface area contributed by atoms with E-state index in [0.717, 1.165) is 11.3 Å². The van der Waals surface area contributed by atoms with Crippen LogP contribution in [0.25, 0.3) is 11.4 Å². The Balaban J connectivity index is 2.08. The monoisotopic (exact) mass is 322 g/mol. The molecule has 0 atom stereocenters. The van der Waals surface area contributed by atoms with Gasteiger partial charge in [0.05, 0.1) is 19.0 Å². The molecule has 8 heteroatoms. The molecule has 0 amide bonds. The van der Waals surface area contributed by atoms with E-state index in [1.54, 1.807) is 6.92 Å². The molecule has 0 saturated heterocycles. The van der Waals surface area contributed by atoms with Crippen LogP contribution in [0.3, 0.4) is 0 Å². The van der Waals surface area contributed by atoms with E-state index < -0.39 is 0 Å². The molecule has 0 aliphatic heterocycles. The van der Waals surface area contributed by atoms with Crippen LogP contribution in [-0.2, 0) is 9.53 Å². The van der Waals surface area contributed by atoms with E-state index in [1.165, 1.54) is 16.4 Å². The number of esters is 1. The summed E-state index contributed by atoms with van der Waals surface area (Å²) in [4.78, 5) is 11.3. The van der Waals surface area contributed by atoms with Gasteiger partial charge in [-0.3, -0.25) is 4.79 Å². The molecule has 1 heterocycles. The van der Waals surface area contributed by atoms with Crippen LogP contribution in [0.2, 0.25) is 0 Å². The number of ether oxygens (including phenoxy) is 2. The van der Waals surface area contributed by atoms with Crippen LogP contribution < -0.4 is 10.6 Å². The lowest BCUT2D eigenvalue weighted by Crippen LogP contribution is -2.13. The van der Waals surface area contributed by atoms with E-state index in [1.807, 2.05) is 31.2 Å². The van der Waals surface area contributed by atoms with E-state index in [2.05, 4.69) is 10.2 Å². The summed E-state index contributed by atoms with van der Waals surface area (Å²) in [6.07, 6.45) is 0. The number of aromatic nitrogens is 3. The van der Waals surface area contributed by atoms with Crippen LogP contribution in [0, 0.1) is 0 Å². The zero-order valence-electron chi connectivity index (χ0n) is 12.5. The Morgan fingerprint density at radius 1 is 1.23 bits per heavy atom. The maximum atomic E-state index is 11.3. The minimum Gasteiger partial charge on any atom is -0.494 e. The lowest BCUT2D eigenvalue weighted by atomic mass is 10.2. The summed E-state index contributed by atoms with van der Waals surface area (Å²) in [6, 6.07) is 7.41. The molecule has 0 bridgehead atoms. The number of nitrogens with zero attached hydrogens (tertiary/aromatic N) is 3. The molecule has 22 heavy (non-hydrogen) atoms. The third-order valence-corrected chi connectivity index (χ3v) is 3.63. The summed E-state index contributed by atoms with van der Waals surface area (Å²) in [6.45, 7) is 4.66.